The van der Waals surface area contributed by atoms with E-state index in [1.165, 1.54) is 0 Å². The third-order valence-corrected chi connectivity index (χ3v) is 5.82. The number of aromatic nitrogens is 3. The molecule has 24 heavy (non-hydrogen) atoms. The molecule has 3 heterocycles. The molecule has 2 N–H and O–H groups in total. The van der Waals surface area contributed by atoms with Crippen molar-refractivity contribution in [1.82, 2.24) is 19.7 Å². The van der Waals surface area contributed by atoms with E-state index in [0.29, 0.717) is 0 Å². The summed E-state index contributed by atoms with van der Waals surface area (Å²) in [5.41, 5.74) is 10.1. The van der Waals surface area contributed by atoms with Gasteiger partial charge in [-0.1, -0.05) is 25.6 Å². The van der Waals surface area contributed by atoms with E-state index >= 15 is 0 Å². The summed E-state index contributed by atoms with van der Waals surface area (Å²) in [4.78, 5) is 9.21. The number of nitrogens with zero attached hydrogens (tertiary/aromatic N) is 4. The van der Waals surface area contributed by atoms with Gasteiger partial charge in [0, 0.05) is 33.6 Å². The largest absolute Gasteiger partial charge is 0.398 e. The molecule has 0 radical (unpaired) electrons. The maximum atomic E-state index is 6.25. The highest BCUT2D eigenvalue weighted by Gasteiger charge is 2.26. The first kappa shape index (κ1) is 15.5. The monoisotopic (exact) mass is 339 g/mol. The van der Waals surface area contributed by atoms with Crippen LogP contribution in [0.25, 0.3) is 22.3 Å². The smallest absolute Gasteiger partial charge is 0.121 e. The number of nitrogen functional groups attached to an aromatic ring is 1. The molecule has 1 aromatic carbocycles. The van der Waals surface area contributed by atoms with Crippen LogP contribution in [0.1, 0.15) is 13.8 Å². The van der Waals surface area contributed by atoms with E-state index in [4.69, 9.17) is 10.8 Å². The molecule has 0 fully saturated rings. The maximum absolute atomic E-state index is 6.25. The van der Waals surface area contributed by atoms with Crippen LogP contribution in [0.3, 0.4) is 0 Å². The first-order valence-corrected chi connectivity index (χ1v) is 9.19. The molecule has 0 bridgehead atoms. The van der Waals surface area contributed by atoms with Crippen LogP contribution in [0.15, 0.2) is 40.3 Å². The van der Waals surface area contributed by atoms with Gasteiger partial charge in [0.2, 0.25) is 0 Å². The van der Waals surface area contributed by atoms with Crippen LogP contribution in [-0.4, -0.2) is 39.3 Å². The minimum atomic E-state index is 0.812. The Morgan fingerprint density at radius 3 is 2.79 bits per heavy atom. The predicted molar refractivity (Wildman–Crippen MR) is 99.3 cm³/mol. The van der Waals surface area contributed by atoms with Gasteiger partial charge in [-0.25, -0.2) is 0 Å². The van der Waals surface area contributed by atoms with E-state index in [-0.39, 0.29) is 0 Å². The molecule has 2 aromatic heterocycles. The van der Waals surface area contributed by atoms with Gasteiger partial charge in [-0.15, -0.1) is 0 Å². The second-order valence-electron chi connectivity index (χ2n) is 5.93. The number of rotatable bonds is 5. The first-order chi connectivity index (χ1) is 11.7. The molecular formula is C18H21N5S. The van der Waals surface area contributed by atoms with Gasteiger partial charge in [-0.05, 0) is 37.4 Å². The average molecular weight is 339 g/mol. The van der Waals surface area contributed by atoms with Gasteiger partial charge in [0.05, 0.1) is 12.1 Å². The number of hydrogen-bond acceptors (Lipinski definition) is 5. The minimum Gasteiger partial charge on any atom is -0.398 e. The summed E-state index contributed by atoms with van der Waals surface area (Å²) in [7, 11) is 0. The molecule has 3 aromatic rings. The number of benzene rings is 1. The Bertz CT molecular complexity index is 898. The Morgan fingerprint density at radius 1 is 1.17 bits per heavy atom. The van der Waals surface area contributed by atoms with Crippen molar-refractivity contribution in [1.29, 1.82) is 0 Å². The van der Waals surface area contributed by atoms with E-state index < -0.39 is 0 Å². The minimum absolute atomic E-state index is 0.812. The Morgan fingerprint density at radius 2 is 2.00 bits per heavy atom. The van der Waals surface area contributed by atoms with Crippen molar-refractivity contribution < 1.29 is 0 Å². The lowest BCUT2D eigenvalue weighted by atomic mass is 10.1. The Labute approximate surface area is 145 Å². The Hall–Kier alpha value is -2.05. The summed E-state index contributed by atoms with van der Waals surface area (Å²) in [5, 5.41) is 6.05. The zero-order valence-corrected chi connectivity index (χ0v) is 14.8. The second kappa shape index (κ2) is 6.11. The molecule has 0 aliphatic carbocycles. The zero-order valence-electron chi connectivity index (χ0n) is 14.0. The van der Waals surface area contributed by atoms with Crippen molar-refractivity contribution in [2.75, 3.05) is 25.4 Å². The van der Waals surface area contributed by atoms with Crippen molar-refractivity contribution in [2.45, 2.75) is 30.2 Å². The fourth-order valence-corrected chi connectivity index (χ4v) is 4.34. The van der Waals surface area contributed by atoms with E-state index in [2.05, 4.69) is 40.5 Å². The number of likely N-dealkylation sites (N-methyl/N-ethyl adjacent to an activating group) is 1. The summed E-state index contributed by atoms with van der Waals surface area (Å²) < 4.78 is 2.11. The van der Waals surface area contributed by atoms with E-state index in [1.54, 1.807) is 11.8 Å². The SMILES string of the molecule is CCN(CC)CCn1nc2c3c(c(N)ccc31)Sc1cccnc1-2. The summed E-state index contributed by atoms with van der Waals surface area (Å²) in [6.45, 7) is 8.36. The van der Waals surface area contributed by atoms with Gasteiger partial charge in [-0.3, -0.25) is 9.67 Å². The lowest BCUT2D eigenvalue weighted by Gasteiger charge is -2.18. The number of pyridine rings is 1. The molecule has 6 heteroatoms. The molecule has 5 nitrogen and oxygen atoms in total. The topological polar surface area (TPSA) is 60.0 Å². The van der Waals surface area contributed by atoms with Gasteiger partial charge < -0.3 is 10.6 Å². The Balaban J connectivity index is 1.84. The molecule has 1 aliphatic heterocycles. The molecule has 4 rings (SSSR count). The van der Waals surface area contributed by atoms with Gasteiger partial charge in [0.15, 0.2) is 0 Å². The fraction of sp³-hybridized carbons (Fsp3) is 0.333. The van der Waals surface area contributed by atoms with Crippen LogP contribution in [0.2, 0.25) is 0 Å². The lowest BCUT2D eigenvalue weighted by Crippen LogP contribution is -2.27. The highest BCUT2D eigenvalue weighted by Crippen LogP contribution is 2.48. The van der Waals surface area contributed by atoms with E-state index in [0.717, 1.165) is 63.9 Å². The second-order valence-corrected chi connectivity index (χ2v) is 6.98. The molecule has 0 saturated heterocycles. The molecule has 0 amide bonds. The summed E-state index contributed by atoms with van der Waals surface area (Å²) in [6.07, 6.45) is 1.83. The third-order valence-electron chi connectivity index (χ3n) is 4.63. The standard InChI is InChI=1S/C18H21N5S/c1-3-22(4-2)10-11-23-13-8-7-12(19)18-15(13)17(21-23)16-14(24-18)6-5-9-20-16/h5-9H,3-4,10-11,19H2,1-2H3. The van der Waals surface area contributed by atoms with Crippen LogP contribution in [0.5, 0.6) is 0 Å². The van der Waals surface area contributed by atoms with Crippen molar-refractivity contribution in [3.63, 3.8) is 0 Å². The average Bonchev–Trinajstić information content (AvgIpc) is 2.99. The van der Waals surface area contributed by atoms with Crippen molar-refractivity contribution in [3.8, 4) is 11.4 Å². The number of anilines is 1. The van der Waals surface area contributed by atoms with Crippen molar-refractivity contribution >= 4 is 28.4 Å². The first-order valence-electron chi connectivity index (χ1n) is 8.37. The van der Waals surface area contributed by atoms with Gasteiger partial charge >= 0.3 is 0 Å². The van der Waals surface area contributed by atoms with Gasteiger partial charge in [-0.2, -0.15) is 5.10 Å². The molecular weight excluding hydrogens is 318 g/mol. The summed E-state index contributed by atoms with van der Waals surface area (Å²) in [5.74, 6) is 0. The molecule has 0 atom stereocenters. The summed E-state index contributed by atoms with van der Waals surface area (Å²) in [6, 6.07) is 8.13. The highest BCUT2D eigenvalue weighted by molar-refractivity contribution is 8.00. The van der Waals surface area contributed by atoms with Gasteiger partial charge in [0.1, 0.15) is 11.4 Å². The van der Waals surface area contributed by atoms with E-state index in [9.17, 15) is 0 Å². The maximum Gasteiger partial charge on any atom is 0.121 e. The van der Waals surface area contributed by atoms with Crippen LogP contribution in [-0.2, 0) is 6.54 Å². The van der Waals surface area contributed by atoms with Crippen LogP contribution < -0.4 is 5.73 Å². The molecule has 1 aliphatic rings. The zero-order chi connectivity index (χ0) is 16.7. The highest BCUT2D eigenvalue weighted by atomic mass is 32.2. The van der Waals surface area contributed by atoms with Crippen LogP contribution in [0.4, 0.5) is 5.69 Å². The summed E-state index contributed by atoms with van der Waals surface area (Å²) >= 11 is 1.70. The normalized spacial score (nSPS) is 12.8. The molecule has 0 saturated carbocycles. The third kappa shape index (κ3) is 2.37. The van der Waals surface area contributed by atoms with Gasteiger partial charge in [0.25, 0.3) is 0 Å². The number of hydrogen-bond donors (Lipinski definition) is 1. The molecule has 124 valence electrons. The number of fused-ring (bicyclic) bond motifs is 2. The van der Waals surface area contributed by atoms with Crippen LogP contribution in [0, 0.1) is 0 Å². The predicted octanol–water partition coefficient (Wildman–Crippen LogP) is 3.49. The lowest BCUT2D eigenvalue weighted by molar-refractivity contribution is 0.287. The van der Waals surface area contributed by atoms with Crippen molar-refractivity contribution in [2.24, 2.45) is 0 Å². The molecule has 0 unspecified atom stereocenters. The van der Waals surface area contributed by atoms with Crippen LogP contribution >= 0.6 is 11.8 Å². The number of nitrogens with two attached hydrogens (primary N) is 1. The quantitative estimate of drug-likeness (QED) is 0.564. The van der Waals surface area contributed by atoms with Crippen molar-refractivity contribution in [3.05, 3.63) is 30.5 Å². The Kier molecular flexibility index (Phi) is 3.94. The fourth-order valence-electron chi connectivity index (χ4n) is 3.24. The molecule has 0 spiro atoms. The van der Waals surface area contributed by atoms with E-state index in [1.807, 2.05) is 18.3 Å².